The van der Waals surface area contributed by atoms with Crippen LogP contribution in [0.1, 0.15) is 39.8 Å². The lowest BCUT2D eigenvalue weighted by Gasteiger charge is -2.26. The number of hydrogen-bond acceptors (Lipinski definition) is 2. The van der Waals surface area contributed by atoms with Gasteiger partial charge in [0, 0.05) is 6.42 Å². The first-order valence-corrected chi connectivity index (χ1v) is 6.51. The molecule has 0 saturated heterocycles. The standard InChI is InChI=1S/C14H21ClN2O/c1-9(14(3,4)5)8-13(18)17-11-6-7-12(15)16-10(11)2/h6-7,9H,8H2,1-5H3,(H,17,18). The van der Waals surface area contributed by atoms with Gasteiger partial charge in [0.25, 0.3) is 0 Å². The molecule has 0 aromatic carbocycles. The summed E-state index contributed by atoms with van der Waals surface area (Å²) in [5.41, 5.74) is 1.59. The number of nitrogens with one attached hydrogen (secondary N) is 1. The lowest BCUT2D eigenvalue weighted by molar-refractivity contribution is -0.117. The highest BCUT2D eigenvalue weighted by molar-refractivity contribution is 6.29. The third kappa shape index (κ3) is 4.30. The van der Waals surface area contributed by atoms with Crippen molar-refractivity contribution in [3.63, 3.8) is 0 Å². The van der Waals surface area contributed by atoms with Crippen LogP contribution in [0.5, 0.6) is 0 Å². The zero-order chi connectivity index (χ0) is 13.9. The van der Waals surface area contributed by atoms with E-state index in [0.29, 0.717) is 17.5 Å². The predicted molar refractivity (Wildman–Crippen MR) is 75.8 cm³/mol. The van der Waals surface area contributed by atoms with Gasteiger partial charge in [-0.05, 0) is 30.4 Å². The van der Waals surface area contributed by atoms with Gasteiger partial charge in [0.15, 0.2) is 0 Å². The summed E-state index contributed by atoms with van der Waals surface area (Å²) >= 11 is 5.77. The van der Waals surface area contributed by atoms with Gasteiger partial charge in [0.05, 0.1) is 11.4 Å². The fourth-order valence-electron chi connectivity index (χ4n) is 1.45. The molecule has 18 heavy (non-hydrogen) atoms. The van der Waals surface area contributed by atoms with Crippen molar-refractivity contribution in [2.75, 3.05) is 5.32 Å². The molecule has 0 spiro atoms. The molecule has 4 heteroatoms. The molecule has 1 unspecified atom stereocenters. The van der Waals surface area contributed by atoms with E-state index >= 15 is 0 Å². The fourth-order valence-corrected chi connectivity index (χ4v) is 1.64. The van der Waals surface area contributed by atoms with Crippen molar-refractivity contribution in [3.05, 3.63) is 23.0 Å². The maximum Gasteiger partial charge on any atom is 0.224 e. The van der Waals surface area contributed by atoms with E-state index in [1.54, 1.807) is 12.1 Å². The molecular formula is C14H21ClN2O. The van der Waals surface area contributed by atoms with Crippen molar-refractivity contribution in [3.8, 4) is 0 Å². The zero-order valence-corrected chi connectivity index (χ0v) is 12.4. The molecule has 0 radical (unpaired) electrons. The summed E-state index contributed by atoms with van der Waals surface area (Å²) in [6, 6.07) is 3.46. The molecule has 0 fully saturated rings. The van der Waals surface area contributed by atoms with E-state index in [4.69, 9.17) is 11.6 Å². The molecule has 1 heterocycles. The highest BCUT2D eigenvalue weighted by Crippen LogP contribution is 2.28. The smallest absolute Gasteiger partial charge is 0.224 e. The number of halogens is 1. The average Bonchev–Trinajstić information content (AvgIpc) is 2.20. The van der Waals surface area contributed by atoms with Gasteiger partial charge in [-0.2, -0.15) is 0 Å². The molecule has 100 valence electrons. The molecule has 1 aromatic heterocycles. The first kappa shape index (κ1) is 15.0. The molecule has 0 aliphatic rings. The number of hydrogen-bond donors (Lipinski definition) is 1. The Morgan fingerprint density at radius 2 is 2.06 bits per heavy atom. The molecule has 1 rings (SSSR count). The normalized spacial score (nSPS) is 13.2. The highest BCUT2D eigenvalue weighted by atomic mass is 35.5. The van der Waals surface area contributed by atoms with Gasteiger partial charge in [-0.1, -0.05) is 39.3 Å². The molecule has 3 nitrogen and oxygen atoms in total. The van der Waals surface area contributed by atoms with Crippen LogP contribution in [0.3, 0.4) is 0 Å². The first-order chi connectivity index (χ1) is 8.20. The summed E-state index contributed by atoms with van der Waals surface area (Å²) in [5.74, 6) is 0.336. The van der Waals surface area contributed by atoms with Crippen molar-refractivity contribution in [1.29, 1.82) is 0 Å². The van der Waals surface area contributed by atoms with Gasteiger partial charge in [0.1, 0.15) is 5.15 Å². The van der Waals surface area contributed by atoms with Crippen LogP contribution in [-0.2, 0) is 4.79 Å². The topological polar surface area (TPSA) is 42.0 Å². The predicted octanol–water partition coefficient (Wildman–Crippen LogP) is 4.05. The molecule has 0 bridgehead atoms. The van der Waals surface area contributed by atoms with Crippen LogP contribution < -0.4 is 5.32 Å². The molecular weight excluding hydrogens is 248 g/mol. The molecule has 0 aliphatic heterocycles. The number of carbonyl (C=O) groups is 1. The second kappa shape index (κ2) is 5.70. The summed E-state index contributed by atoms with van der Waals surface area (Å²) in [5, 5.41) is 3.32. The number of anilines is 1. The van der Waals surface area contributed by atoms with Crippen molar-refractivity contribution in [2.45, 2.75) is 41.0 Å². The average molecular weight is 269 g/mol. The monoisotopic (exact) mass is 268 g/mol. The van der Waals surface area contributed by atoms with Crippen molar-refractivity contribution in [1.82, 2.24) is 4.98 Å². The van der Waals surface area contributed by atoms with Crippen molar-refractivity contribution in [2.24, 2.45) is 11.3 Å². The van der Waals surface area contributed by atoms with Gasteiger partial charge < -0.3 is 5.32 Å². The Bertz CT molecular complexity index is 438. The first-order valence-electron chi connectivity index (χ1n) is 6.13. The lowest BCUT2D eigenvalue weighted by Crippen LogP contribution is -2.24. The molecule has 0 saturated carbocycles. The second-order valence-corrected chi connectivity index (χ2v) is 6.17. The van der Waals surface area contributed by atoms with Crippen molar-refractivity contribution < 1.29 is 4.79 Å². The van der Waals surface area contributed by atoms with E-state index in [1.807, 2.05) is 6.92 Å². The Kier molecular flexibility index (Phi) is 4.74. The van der Waals surface area contributed by atoms with E-state index in [1.165, 1.54) is 0 Å². The Balaban J connectivity index is 2.65. The molecule has 0 aliphatic carbocycles. The van der Waals surface area contributed by atoms with Crippen LogP contribution in [0.2, 0.25) is 5.15 Å². The SMILES string of the molecule is Cc1nc(Cl)ccc1NC(=O)CC(C)C(C)(C)C. The van der Waals surface area contributed by atoms with Crippen LogP contribution in [0, 0.1) is 18.3 Å². The Hall–Kier alpha value is -1.09. The quantitative estimate of drug-likeness (QED) is 0.840. The largest absolute Gasteiger partial charge is 0.324 e. The fraction of sp³-hybridized carbons (Fsp3) is 0.571. The van der Waals surface area contributed by atoms with Crippen LogP contribution in [0.25, 0.3) is 0 Å². The second-order valence-electron chi connectivity index (χ2n) is 5.79. The zero-order valence-electron chi connectivity index (χ0n) is 11.7. The van der Waals surface area contributed by atoms with Gasteiger partial charge in [-0.3, -0.25) is 4.79 Å². The summed E-state index contributed by atoms with van der Waals surface area (Å²) < 4.78 is 0. The third-order valence-corrected chi connectivity index (χ3v) is 3.51. The van der Waals surface area contributed by atoms with E-state index in [9.17, 15) is 4.79 Å². The van der Waals surface area contributed by atoms with E-state index < -0.39 is 0 Å². The van der Waals surface area contributed by atoms with Crippen LogP contribution in [0.4, 0.5) is 5.69 Å². The Labute approximate surface area is 114 Å². The summed E-state index contributed by atoms with van der Waals surface area (Å²) in [7, 11) is 0. The molecule has 1 atom stereocenters. The summed E-state index contributed by atoms with van der Waals surface area (Å²) in [6.45, 7) is 10.3. The van der Waals surface area contributed by atoms with E-state index in [2.05, 4.69) is 38.0 Å². The molecule has 1 amide bonds. The van der Waals surface area contributed by atoms with E-state index in [-0.39, 0.29) is 11.3 Å². The maximum atomic E-state index is 11.9. The number of amides is 1. The highest BCUT2D eigenvalue weighted by Gasteiger charge is 2.22. The van der Waals surface area contributed by atoms with Gasteiger partial charge in [0.2, 0.25) is 5.91 Å². The van der Waals surface area contributed by atoms with Crippen molar-refractivity contribution >= 4 is 23.2 Å². The Morgan fingerprint density at radius 1 is 1.44 bits per heavy atom. The number of rotatable bonds is 3. The number of aromatic nitrogens is 1. The lowest BCUT2D eigenvalue weighted by atomic mass is 9.80. The van der Waals surface area contributed by atoms with Crippen LogP contribution in [0.15, 0.2) is 12.1 Å². The Morgan fingerprint density at radius 3 is 2.56 bits per heavy atom. The van der Waals surface area contributed by atoms with Gasteiger partial charge >= 0.3 is 0 Å². The number of nitrogens with zero attached hydrogens (tertiary/aromatic N) is 1. The maximum absolute atomic E-state index is 11.9. The molecule has 1 N–H and O–H groups in total. The summed E-state index contributed by atoms with van der Waals surface area (Å²) in [4.78, 5) is 16.0. The third-order valence-electron chi connectivity index (χ3n) is 3.30. The van der Waals surface area contributed by atoms with Gasteiger partial charge in [-0.25, -0.2) is 4.98 Å². The number of aryl methyl sites for hydroxylation is 1. The number of carbonyl (C=O) groups excluding carboxylic acids is 1. The molecule has 1 aromatic rings. The van der Waals surface area contributed by atoms with Gasteiger partial charge in [-0.15, -0.1) is 0 Å². The van der Waals surface area contributed by atoms with Crippen LogP contribution in [-0.4, -0.2) is 10.9 Å². The summed E-state index contributed by atoms with van der Waals surface area (Å²) in [6.07, 6.45) is 0.506. The minimum absolute atomic E-state index is 0.0182. The minimum Gasteiger partial charge on any atom is -0.324 e. The minimum atomic E-state index is 0.0182. The van der Waals surface area contributed by atoms with E-state index in [0.717, 1.165) is 11.4 Å². The number of pyridine rings is 1. The van der Waals surface area contributed by atoms with Crippen LogP contribution >= 0.6 is 11.6 Å².